The van der Waals surface area contributed by atoms with Gasteiger partial charge in [-0.05, 0) is 38.2 Å². The lowest BCUT2D eigenvalue weighted by Crippen LogP contribution is -2.51. The summed E-state index contributed by atoms with van der Waals surface area (Å²) in [5.74, 6) is 0.340. The number of carbonyl (C=O) groups excluding carboxylic acids is 1. The quantitative estimate of drug-likeness (QED) is 0.901. The fourth-order valence-electron chi connectivity index (χ4n) is 2.91. The van der Waals surface area contributed by atoms with Crippen LogP contribution in [0.15, 0.2) is 24.3 Å². The molecule has 1 atom stereocenters. The van der Waals surface area contributed by atoms with Crippen LogP contribution in [0.2, 0.25) is 0 Å². The van der Waals surface area contributed by atoms with Crippen LogP contribution in [0, 0.1) is 0 Å². The molecule has 1 aliphatic rings. The second-order valence-corrected chi connectivity index (χ2v) is 6.09. The predicted molar refractivity (Wildman–Crippen MR) is 89.3 cm³/mol. The van der Waals surface area contributed by atoms with Crippen LogP contribution in [0.25, 0.3) is 0 Å². The Bertz CT molecular complexity index is 481. The standard InChI is InChI=1S/C17H27N3O2/c1-4-17(22)20(15-5-7-16(21)8-6-15)14(2)13-19-11-9-18(3)10-12-19/h5-8,14,21H,4,9-13H2,1-3H3. The Morgan fingerprint density at radius 3 is 2.36 bits per heavy atom. The Morgan fingerprint density at radius 1 is 1.23 bits per heavy atom. The maximum absolute atomic E-state index is 12.4. The number of phenols is 1. The summed E-state index contributed by atoms with van der Waals surface area (Å²) in [5.41, 5.74) is 0.853. The van der Waals surface area contributed by atoms with Gasteiger partial charge in [0.25, 0.3) is 0 Å². The first kappa shape index (κ1) is 16.8. The number of piperazine rings is 1. The van der Waals surface area contributed by atoms with Crippen molar-refractivity contribution in [2.24, 2.45) is 0 Å². The van der Waals surface area contributed by atoms with Crippen molar-refractivity contribution < 1.29 is 9.90 Å². The number of nitrogens with zero attached hydrogens (tertiary/aromatic N) is 3. The van der Waals surface area contributed by atoms with Crippen molar-refractivity contribution in [3.63, 3.8) is 0 Å². The van der Waals surface area contributed by atoms with Gasteiger partial charge in [0.05, 0.1) is 0 Å². The van der Waals surface area contributed by atoms with Gasteiger partial charge in [-0.1, -0.05) is 6.92 Å². The van der Waals surface area contributed by atoms with E-state index in [9.17, 15) is 9.90 Å². The van der Waals surface area contributed by atoms with E-state index in [2.05, 4.69) is 23.8 Å². The van der Waals surface area contributed by atoms with Gasteiger partial charge in [0.1, 0.15) is 5.75 Å². The zero-order valence-electron chi connectivity index (χ0n) is 13.8. The molecule has 1 N–H and O–H groups in total. The third-order valence-electron chi connectivity index (χ3n) is 4.26. The Balaban J connectivity index is 2.08. The number of likely N-dealkylation sites (N-methyl/N-ethyl adjacent to an activating group) is 1. The molecular weight excluding hydrogens is 278 g/mol. The summed E-state index contributed by atoms with van der Waals surface area (Å²) in [4.78, 5) is 19.0. The number of phenolic OH excluding ortho intramolecular Hbond substituents is 1. The van der Waals surface area contributed by atoms with Crippen molar-refractivity contribution in [2.45, 2.75) is 26.3 Å². The van der Waals surface area contributed by atoms with Gasteiger partial charge in [-0.25, -0.2) is 0 Å². The van der Waals surface area contributed by atoms with E-state index < -0.39 is 0 Å². The number of hydrogen-bond donors (Lipinski definition) is 1. The molecule has 5 nitrogen and oxygen atoms in total. The van der Waals surface area contributed by atoms with E-state index in [1.165, 1.54) is 0 Å². The molecule has 0 bridgehead atoms. The van der Waals surface area contributed by atoms with Crippen LogP contribution < -0.4 is 4.90 Å². The smallest absolute Gasteiger partial charge is 0.226 e. The molecule has 1 fully saturated rings. The number of rotatable bonds is 5. The normalized spacial score (nSPS) is 18.1. The van der Waals surface area contributed by atoms with Gasteiger partial charge in [0.15, 0.2) is 0 Å². The molecule has 1 aromatic carbocycles. The number of aromatic hydroxyl groups is 1. The molecule has 5 heteroatoms. The fourth-order valence-corrected chi connectivity index (χ4v) is 2.91. The zero-order valence-corrected chi connectivity index (χ0v) is 13.8. The number of benzene rings is 1. The van der Waals surface area contributed by atoms with Crippen LogP contribution >= 0.6 is 0 Å². The fraction of sp³-hybridized carbons (Fsp3) is 0.588. The number of anilines is 1. The van der Waals surface area contributed by atoms with Gasteiger partial charge < -0.3 is 14.9 Å². The monoisotopic (exact) mass is 305 g/mol. The summed E-state index contributed by atoms with van der Waals surface area (Å²) < 4.78 is 0. The molecule has 1 saturated heterocycles. The molecule has 1 heterocycles. The van der Waals surface area contributed by atoms with E-state index in [0.29, 0.717) is 6.42 Å². The molecule has 0 aliphatic carbocycles. The Morgan fingerprint density at radius 2 is 1.82 bits per heavy atom. The highest BCUT2D eigenvalue weighted by molar-refractivity contribution is 5.93. The first-order chi connectivity index (χ1) is 10.5. The molecule has 0 radical (unpaired) electrons. The van der Waals surface area contributed by atoms with E-state index in [0.717, 1.165) is 38.4 Å². The molecule has 0 aromatic heterocycles. The Hall–Kier alpha value is -1.59. The largest absolute Gasteiger partial charge is 0.508 e. The minimum absolute atomic E-state index is 0.111. The van der Waals surface area contributed by atoms with E-state index >= 15 is 0 Å². The lowest BCUT2D eigenvalue weighted by atomic mass is 10.1. The van der Waals surface area contributed by atoms with E-state index in [4.69, 9.17) is 0 Å². The maximum Gasteiger partial charge on any atom is 0.226 e. The van der Waals surface area contributed by atoms with Gasteiger partial charge >= 0.3 is 0 Å². The van der Waals surface area contributed by atoms with Crippen molar-refractivity contribution >= 4 is 11.6 Å². The minimum Gasteiger partial charge on any atom is -0.508 e. The first-order valence-corrected chi connectivity index (χ1v) is 8.03. The van der Waals surface area contributed by atoms with Gasteiger partial charge in [0.2, 0.25) is 5.91 Å². The second-order valence-electron chi connectivity index (χ2n) is 6.09. The molecule has 1 aromatic rings. The molecule has 122 valence electrons. The van der Waals surface area contributed by atoms with Gasteiger partial charge in [-0.3, -0.25) is 9.69 Å². The van der Waals surface area contributed by atoms with Gasteiger partial charge in [-0.2, -0.15) is 0 Å². The SMILES string of the molecule is CCC(=O)N(c1ccc(O)cc1)C(C)CN1CCN(C)CC1. The number of carbonyl (C=O) groups is 1. The van der Waals surface area contributed by atoms with E-state index in [-0.39, 0.29) is 17.7 Å². The van der Waals surface area contributed by atoms with Crippen molar-refractivity contribution in [3.8, 4) is 5.75 Å². The summed E-state index contributed by atoms with van der Waals surface area (Å²) in [5, 5.41) is 9.44. The molecule has 0 saturated carbocycles. The summed E-state index contributed by atoms with van der Waals surface area (Å²) in [6.07, 6.45) is 0.480. The van der Waals surface area contributed by atoms with Crippen LogP contribution in [-0.4, -0.2) is 66.6 Å². The van der Waals surface area contributed by atoms with Crippen molar-refractivity contribution in [3.05, 3.63) is 24.3 Å². The lowest BCUT2D eigenvalue weighted by Gasteiger charge is -2.37. The molecule has 2 rings (SSSR count). The molecule has 1 aliphatic heterocycles. The highest BCUT2D eigenvalue weighted by Crippen LogP contribution is 2.22. The maximum atomic E-state index is 12.4. The average Bonchev–Trinajstić information content (AvgIpc) is 2.51. The zero-order chi connectivity index (χ0) is 16.1. The predicted octanol–water partition coefficient (Wildman–Crippen LogP) is 1.77. The van der Waals surface area contributed by atoms with Crippen LogP contribution in [-0.2, 0) is 4.79 Å². The summed E-state index contributed by atoms with van der Waals surface area (Å²) in [6, 6.07) is 6.99. The van der Waals surface area contributed by atoms with Crippen LogP contribution in [0.3, 0.4) is 0 Å². The highest BCUT2D eigenvalue weighted by atomic mass is 16.3. The van der Waals surface area contributed by atoms with Gasteiger partial charge in [-0.15, -0.1) is 0 Å². The first-order valence-electron chi connectivity index (χ1n) is 8.03. The third-order valence-corrected chi connectivity index (χ3v) is 4.26. The molecule has 22 heavy (non-hydrogen) atoms. The summed E-state index contributed by atoms with van der Waals surface area (Å²) in [7, 11) is 2.14. The number of amides is 1. The molecule has 1 amide bonds. The second kappa shape index (κ2) is 7.61. The van der Waals surface area contributed by atoms with Crippen LogP contribution in [0.4, 0.5) is 5.69 Å². The lowest BCUT2D eigenvalue weighted by molar-refractivity contribution is -0.118. The summed E-state index contributed by atoms with van der Waals surface area (Å²) >= 11 is 0. The van der Waals surface area contributed by atoms with Crippen LogP contribution in [0.5, 0.6) is 5.75 Å². The Kier molecular flexibility index (Phi) is 5.80. The third kappa shape index (κ3) is 4.21. The average molecular weight is 305 g/mol. The van der Waals surface area contributed by atoms with Gasteiger partial charge in [0, 0.05) is 50.9 Å². The van der Waals surface area contributed by atoms with E-state index in [1.54, 1.807) is 12.1 Å². The number of hydrogen-bond acceptors (Lipinski definition) is 4. The van der Waals surface area contributed by atoms with Crippen molar-refractivity contribution in [2.75, 3.05) is 44.7 Å². The molecular formula is C17H27N3O2. The van der Waals surface area contributed by atoms with Crippen molar-refractivity contribution in [1.82, 2.24) is 9.80 Å². The van der Waals surface area contributed by atoms with E-state index in [1.807, 2.05) is 24.0 Å². The molecule has 1 unspecified atom stereocenters. The summed E-state index contributed by atoms with van der Waals surface area (Å²) in [6.45, 7) is 9.11. The molecule has 0 spiro atoms. The van der Waals surface area contributed by atoms with Crippen LogP contribution in [0.1, 0.15) is 20.3 Å². The Labute approximate surface area is 133 Å². The highest BCUT2D eigenvalue weighted by Gasteiger charge is 2.24. The van der Waals surface area contributed by atoms with Crippen molar-refractivity contribution in [1.29, 1.82) is 0 Å². The minimum atomic E-state index is 0.111. The topological polar surface area (TPSA) is 47.0 Å².